The van der Waals surface area contributed by atoms with Gasteiger partial charge in [-0.3, -0.25) is 18.9 Å². The van der Waals surface area contributed by atoms with E-state index in [0.717, 1.165) is 28.8 Å². The van der Waals surface area contributed by atoms with Crippen molar-refractivity contribution in [2.45, 2.75) is 17.9 Å². The number of hydrogen-bond donors (Lipinski definition) is 2. The Labute approximate surface area is 193 Å². The second-order valence-corrected chi connectivity index (χ2v) is 10.6. The average Bonchev–Trinajstić information content (AvgIpc) is 3.35. The lowest BCUT2D eigenvalue weighted by Crippen LogP contribution is -2.27. The number of rotatable bonds is 5. The minimum absolute atomic E-state index is 0.0399. The maximum Gasteiger partial charge on any atom is 0.259 e. The first-order chi connectivity index (χ1) is 15.8. The van der Waals surface area contributed by atoms with Gasteiger partial charge in [0.1, 0.15) is 11.6 Å². The third-order valence-corrected chi connectivity index (χ3v) is 7.31. The molecule has 0 saturated carbocycles. The van der Waals surface area contributed by atoms with Gasteiger partial charge in [-0.1, -0.05) is 6.07 Å². The average molecular weight is 468 g/mol. The number of fused-ring (bicyclic) bond motifs is 2. The van der Waals surface area contributed by atoms with Crippen LogP contribution in [0, 0.1) is 0 Å². The Kier molecular flexibility index (Phi) is 5.43. The number of ether oxygens (including phenoxy) is 1. The fourth-order valence-electron chi connectivity index (χ4n) is 4.08. The van der Waals surface area contributed by atoms with Crippen LogP contribution in [0.3, 0.4) is 0 Å². The Balaban J connectivity index is 1.54. The Morgan fingerprint density at radius 1 is 1.15 bits per heavy atom. The minimum Gasteiger partial charge on any atom is -0.484 e. The Bertz CT molecular complexity index is 1220. The van der Waals surface area contributed by atoms with Crippen molar-refractivity contribution in [2.24, 2.45) is 0 Å². The van der Waals surface area contributed by atoms with Gasteiger partial charge >= 0.3 is 0 Å². The molecular weight excluding hydrogens is 442 g/mol. The number of amides is 1. The highest BCUT2D eigenvalue weighted by Crippen LogP contribution is 2.55. The molecule has 0 unspecified atom stereocenters. The second-order valence-electron chi connectivity index (χ2n) is 8.39. The third kappa shape index (κ3) is 4.24. The van der Waals surface area contributed by atoms with E-state index in [9.17, 15) is 13.9 Å². The van der Waals surface area contributed by atoms with E-state index in [1.165, 1.54) is 4.90 Å². The van der Waals surface area contributed by atoms with E-state index in [-0.39, 0.29) is 24.0 Å². The molecule has 0 saturated heterocycles. The van der Waals surface area contributed by atoms with Crippen LogP contribution in [-0.2, 0) is 22.7 Å². The summed E-state index contributed by atoms with van der Waals surface area (Å²) in [7, 11) is 0.605. The van der Waals surface area contributed by atoms with E-state index in [2.05, 4.69) is 14.9 Å². The summed E-state index contributed by atoms with van der Waals surface area (Å²) < 4.78 is 26.6. The fraction of sp³-hybridized carbons (Fsp3) is 0.304. The highest BCUT2D eigenvalue weighted by atomic mass is 32.3. The highest BCUT2D eigenvalue weighted by molar-refractivity contribution is 8.23. The Morgan fingerprint density at radius 3 is 2.70 bits per heavy atom. The lowest BCUT2D eigenvalue weighted by molar-refractivity contribution is -0.130. The molecule has 0 fully saturated rings. The van der Waals surface area contributed by atoms with Gasteiger partial charge in [0.2, 0.25) is 0 Å². The largest absolute Gasteiger partial charge is 0.484 e. The Morgan fingerprint density at radius 2 is 1.94 bits per heavy atom. The molecule has 10 heteroatoms. The standard InChI is InChI=1S/C23H25N5O4S/c1-27(2)21(29)12-32-17-4-3-15-7-10-28(20(15)11-17)23-18-13-33(30,31)14-19(18)25-22(26-23)16-5-8-24-9-6-16/h3-6,8-9,11,30-31H,7,10,12-14H2,1-2H3. The van der Waals surface area contributed by atoms with Crippen molar-refractivity contribution >= 4 is 28.0 Å². The predicted octanol–water partition coefficient (Wildman–Crippen LogP) is 3.46. The molecule has 2 aliphatic heterocycles. The summed E-state index contributed by atoms with van der Waals surface area (Å²) in [6.07, 6.45) is 4.19. The van der Waals surface area contributed by atoms with Gasteiger partial charge < -0.3 is 14.5 Å². The van der Waals surface area contributed by atoms with Gasteiger partial charge in [0.05, 0.1) is 17.2 Å². The SMILES string of the molecule is CN(C)C(=O)COc1ccc2c(c1)N(c1nc(-c3ccncc3)nc3c1CS(O)(O)C3)CC2. The van der Waals surface area contributed by atoms with Gasteiger partial charge in [-0.05, 0) is 30.2 Å². The number of hydrogen-bond acceptors (Lipinski definition) is 8. The van der Waals surface area contributed by atoms with Gasteiger partial charge in [0.25, 0.3) is 5.91 Å². The minimum atomic E-state index is -2.78. The second kappa shape index (κ2) is 8.29. The Hall–Kier alpha value is -3.21. The zero-order chi connectivity index (χ0) is 23.2. The van der Waals surface area contributed by atoms with Crippen molar-refractivity contribution in [1.29, 1.82) is 0 Å². The summed E-state index contributed by atoms with van der Waals surface area (Å²) in [5.74, 6) is 1.97. The molecule has 1 amide bonds. The number of carbonyl (C=O) groups is 1. The quantitative estimate of drug-likeness (QED) is 0.587. The van der Waals surface area contributed by atoms with Crippen molar-refractivity contribution in [2.75, 3.05) is 32.1 Å². The summed E-state index contributed by atoms with van der Waals surface area (Å²) in [5, 5.41) is 0. The predicted molar refractivity (Wildman–Crippen MR) is 127 cm³/mol. The molecule has 2 N–H and O–H groups in total. The van der Waals surface area contributed by atoms with Crippen LogP contribution in [-0.4, -0.2) is 62.1 Å². The van der Waals surface area contributed by atoms with Gasteiger partial charge in [-0.15, -0.1) is 0 Å². The highest BCUT2D eigenvalue weighted by Gasteiger charge is 2.34. The molecule has 0 atom stereocenters. The number of likely N-dealkylation sites (N-methyl/N-ethyl adjacent to an activating group) is 1. The monoisotopic (exact) mass is 467 g/mol. The number of benzene rings is 1. The number of anilines is 2. The lowest BCUT2D eigenvalue weighted by atomic mass is 10.1. The van der Waals surface area contributed by atoms with Crippen LogP contribution in [0.15, 0.2) is 42.7 Å². The molecule has 5 rings (SSSR count). The van der Waals surface area contributed by atoms with E-state index in [0.29, 0.717) is 29.6 Å². The van der Waals surface area contributed by atoms with Crippen LogP contribution < -0.4 is 9.64 Å². The van der Waals surface area contributed by atoms with Gasteiger partial charge in [0.15, 0.2) is 12.4 Å². The van der Waals surface area contributed by atoms with Gasteiger partial charge in [0, 0.05) is 55.9 Å². The molecule has 0 aliphatic carbocycles. The summed E-state index contributed by atoms with van der Waals surface area (Å²) in [5.41, 5.74) is 4.34. The van der Waals surface area contributed by atoms with E-state index in [1.807, 2.05) is 30.3 Å². The molecular formula is C23H25N5O4S. The molecule has 2 aromatic heterocycles. The third-order valence-electron chi connectivity index (χ3n) is 5.82. The van der Waals surface area contributed by atoms with Crippen LogP contribution in [0.5, 0.6) is 5.75 Å². The smallest absolute Gasteiger partial charge is 0.259 e. The molecule has 3 aromatic rings. The van der Waals surface area contributed by atoms with Crippen molar-refractivity contribution in [3.63, 3.8) is 0 Å². The normalized spacial score (nSPS) is 16.8. The summed E-state index contributed by atoms with van der Waals surface area (Å²) >= 11 is 0. The summed E-state index contributed by atoms with van der Waals surface area (Å²) in [6, 6.07) is 9.46. The van der Waals surface area contributed by atoms with Gasteiger partial charge in [-0.25, -0.2) is 9.97 Å². The van der Waals surface area contributed by atoms with E-state index in [1.54, 1.807) is 26.5 Å². The number of aromatic nitrogens is 3. The first kappa shape index (κ1) is 21.6. The van der Waals surface area contributed by atoms with Crippen molar-refractivity contribution in [1.82, 2.24) is 19.9 Å². The molecule has 0 spiro atoms. The van der Waals surface area contributed by atoms with Crippen molar-refractivity contribution in [3.8, 4) is 17.1 Å². The molecule has 0 bridgehead atoms. The fourth-order valence-corrected chi connectivity index (χ4v) is 5.62. The van der Waals surface area contributed by atoms with Crippen LogP contribution >= 0.6 is 10.6 Å². The number of pyridine rings is 1. The number of carbonyl (C=O) groups excluding carboxylic acids is 1. The topological polar surface area (TPSA) is 112 Å². The van der Waals surface area contributed by atoms with Crippen molar-refractivity contribution in [3.05, 3.63) is 59.5 Å². The van der Waals surface area contributed by atoms with Crippen LogP contribution in [0.4, 0.5) is 11.5 Å². The maximum atomic E-state index is 11.9. The zero-order valence-corrected chi connectivity index (χ0v) is 19.2. The molecule has 33 heavy (non-hydrogen) atoms. The summed E-state index contributed by atoms with van der Waals surface area (Å²) in [6.45, 7) is 0.662. The molecule has 172 valence electrons. The lowest BCUT2D eigenvalue weighted by Gasteiger charge is -2.26. The molecule has 1 aromatic carbocycles. The van der Waals surface area contributed by atoms with Crippen LogP contribution in [0.2, 0.25) is 0 Å². The maximum absolute atomic E-state index is 11.9. The molecule has 4 heterocycles. The zero-order valence-electron chi connectivity index (χ0n) is 18.4. The molecule has 2 aliphatic rings. The van der Waals surface area contributed by atoms with E-state index in [4.69, 9.17) is 9.72 Å². The molecule has 9 nitrogen and oxygen atoms in total. The first-order valence-corrected chi connectivity index (χ1v) is 12.5. The number of nitrogens with zero attached hydrogens (tertiary/aromatic N) is 5. The van der Waals surface area contributed by atoms with Crippen LogP contribution in [0.1, 0.15) is 16.8 Å². The first-order valence-electron chi connectivity index (χ1n) is 10.6. The van der Waals surface area contributed by atoms with Crippen LogP contribution in [0.25, 0.3) is 11.4 Å². The van der Waals surface area contributed by atoms with Gasteiger partial charge in [-0.2, -0.15) is 10.6 Å². The van der Waals surface area contributed by atoms with E-state index >= 15 is 0 Å². The van der Waals surface area contributed by atoms with E-state index < -0.39 is 10.6 Å². The van der Waals surface area contributed by atoms with Crippen molar-refractivity contribution < 1.29 is 18.6 Å². The molecule has 0 radical (unpaired) electrons. The summed E-state index contributed by atoms with van der Waals surface area (Å²) in [4.78, 5) is 29.1.